The number of nitrogens with one attached hydrogen (secondary N) is 1. The molecule has 1 heterocycles. The summed E-state index contributed by atoms with van der Waals surface area (Å²) in [6, 6.07) is 12.7. The summed E-state index contributed by atoms with van der Waals surface area (Å²) >= 11 is 1.67. The van der Waals surface area contributed by atoms with E-state index in [-0.39, 0.29) is 10.9 Å². The first-order valence-electron chi connectivity index (χ1n) is 7.69. The van der Waals surface area contributed by atoms with Gasteiger partial charge in [0.05, 0.1) is 4.90 Å². The van der Waals surface area contributed by atoms with Gasteiger partial charge in [-0.25, -0.2) is 13.6 Å². The van der Waals surface area contributed by atoms with Crippen LogP contribution in [0.5, 0.6) is 11.5 Å². The van der Waals surface area contributed by atoms with Crippen LogP contribution in [-0.4, -0.2) is 21.2 Å². The van der Waals surface area contributed by atoms with E-state index in [1.807, 2.05) is 30.5 Å². The lowest BCUT2D eigenvalue weighted by Gasteiger charge is -2.17. The van der Waals surface area contributed by atoms with Gasteiger partial charge in [0.15, 0.2) is 0 Å². The summed E-state index contributed by atoms with van der Waals surface area (Å²) in [6.45, 7) is 0.909. The summed E-state index contributed by atoms with van der Waals surface area (Å²) in [4.78, 5) is 1.26. The highest BCUT2D eigenvalue weighted by atomic mass is 32.2. The average Bonchev–Trinajstić information content (AvgIpc) is 3.09. The van der Waals surface area contributed by atoms with Crippen LogP contribution in [0.1, 0.15) is 24.4 Å². The van der Waals surface area contributed by atoms with E-state index in [2.05, 4.69) is 5.32 Å². The Hall–Kier alpha value is -1.54. The molecule has 7 heteroatoms. The molecule has 0 aromatic heterocycles. The van der Waals surface area contributed by atoms with Gasteiger partial charge in [-0.2, -0.15) is 0 Å². The van der Waals surface area contributed by atoms with Crippen LogP contribution in [0.15, 0.2) is 52.3 Å². The molecule has 1 fully saturated rings. The lowest BCUT2D eigenvalue weighted by molar-refractivity contribution is 0.464. The minimum Gasteiger partial charge on any atom is -0.457 e. The fourth-order valence-corrected chi connectivity index (χ4v) is 3.75. The topological polar surface area (TPSA) is 81.4 Å². The molecule has 0 radical (unpaired) electrons. The second-order valence-electron chi connectivity index (χ2n) is 5.67. The minimum absolute atomic E-state index is 0.0761. The van der Waals surface area contributed by atoms with Gasteiger partial charge in [0, 0.05) is 16.5 Å². The second-order valence-corrected chi connectivity index (χ2v) is 8.11. The lowest BCUT2D eigenvalue weighted by atomic mass is 10.0. The van der Waals surface area contributed by atoms with Crippen molar-refractivity contribution in [2.24, 2.45) is 5.14 Å². The van der Waals surface area contributed by atoms with Gasteiger partial charge in [-0.15, -0.1) is 11.8 Å². The Morgan fingerprint density at radius 1 is 1.21 bits per heavy atom. The summed E-state index contributed by atoms with van der Waals surface area (Å²) in [7, 11) is -3.74. The molecule has 1 aliphatic rings. The second kappa shape index (κ2) is 7.14. The van der Waals surface area contributed by atoms with Gasteiger partial charge in [-0.05, 0) is 68.1 Å². The van der Waals surface area contributed by atoms with E-state index in [0.29, 0.717) is 5.75 Å². The molecule has 128 valence electrons. The van der Waals surface area contributed by atoms with Crippen LogP contribution >= 0.6 is 11.8 Å². The monoisotopic (exact) mass is 364 g/mol. The standard InChI is InChI=1S/C17H20N2O3S2/c1-23-13-6-4-12(5-7-13)22-17-9-8-14(24(18,20)21)11-15(17)16-3-2-10-19-16/h4-9,11,16,19H,2-3,10H2,1H3,(H2,18,20,21). The van der Waals surface area contributed by atoms with E-state index in [4.69, 9.17) is 9.88 Å². The molecule has 1 saturated heterocycles. The highest BCUT2D eigenvalue weighted by Crippen LogP contribution is 2.35. The molecule has 0 saturated carbocycles. The summed E-state index contributed by atoms with van der Waals surface area (Å²) < 4.78 is 29.3. The van der Waals surface area contributed by atoms with Crippen molar-refractivity contribution >= 4 is 21.8 Å². The van der Waals surface area contributed by atoms with Crippen LogP contribution in [0.3, 0.4) is 0 Å². The highest BCUT2D eigenvalue weighted by molar-refractivity contribution is 7.98. The predicted molar refractivity (Wildman–Crippen MR) is 96.1 cm³/mol. The number of primary sulfonamides is 1. The van der Waals surface area contributed by atoms with Crippen molar-refractivity contribution < 1.29 is 13.2 Å². The van der Waals surface area contributed by atoms with Crippen molar-refractivity contribution in [1.29, 1.82) is 0 Å². The number of rotatable bonds is 5. The molecule has 1 aliphatic heterocycles. The van der Waals surface area contributed by atoms with E-state index in [1.54, 1.807) is 23.9 Å². The van der Waals surface area contributed by atoms with Crippen LogP contribution in [0, 0.1) is 0 Å². The van der Waals surface area contributed by atoms with E-state index in [0.717, 1.165) is 35.6 Å². The van der Waals surface area contributed by atoms with E-state index in [1.165, 1.54) is 6.07 Å². The van der Waals surface area contributed by atoms with E-state index in [9.17, 15) is 8.42 Å². The lowest BCUT2D eigenvalue weighted by Crippen LogP contribution is -2.16. The molecule has 3 N–H and O–H groups in total. The van der Waals surface area contributed by atoms with Crippen molar-refractivity contribution in [3.8, 4) is 11.5 Å². The number of ether oxygens (including phenoxy) is 1. The molecule has 0 aliphatic carbocycles. The van der Waals surface area contributed by atoms with Crippen LogP contribution in [0.25, 0.3) is 0 Å². The number of benzene rings is 2. The number of hydrogen-bond donors (Lipinski definition) is 2. The minimum atomic E-state index is -3.74. The van der Waals surface area contributed by atoms with E-state index >= 15 is 0 Å². The Morgan fingerprint density at radius 2 is 1.96 bits per heavy atom. The first-order chi connectivity index (χ1) is 11.5. The van der Waals surface area contributed by atoms with E-state index < -0.39 is 10.0 Å². The molecular formula is C17H20N2O3S2. The number of sulfonamides is 1. The summed E-state index contributed by atoms with van der Waals surface area (Å²) in [5, 5.41) is 8.64. The Kier molecular flexibility index (Phi) is 5.15. The molecule has 1 atom stereocenters. The maximum Gasteiger partial charge on any atom is 0.238 e. The number of nitrogens with two attached hydrogens (primary N) is 1. The van der Waals surface area contributed by atoms with Crippen molar-refractivity contribution in [2.75, 3.05) is 12.8 Å². The first kappa shape index (κ1) is 17.3. The van der Waals surface area contributed by atoms with Gasteiger partial charge in [0.2, 0.25) is 10.0 Å². The van der Waals surface area contributed by atoms with Crippen molar-refractivity contribution in [3.05, 3.63) is 48.0 Å². The highest BCUT2D eigenvalue weighted by Gasteiger charge is 2.22. The Morgan fingerprint density at radius 3 is 2.54 bits per heavy atom. The molecule has 2 aromatic carbocycles. The number of thioether (sulfide) groups is 1. The van der Waals surface area contributed by atoms with Gasteiger partial charge >= 0.3 is 0 Å². The summed E-state index contributed by atoms with van der Waals surface area (Å²) in [5.74, 6) is 1.37. The maximum absolute atomic E-state index is 11.7. The van der Waals surface area contributed by atoms with Crippen LogP contribution in [-0.2, 0) is 10.0 Å². The largest absolute Gasteiger partial charge is 0.457 e. The fraction of sp³-hybridized carbons (Fsp3) is 0.294. The van der Waals surface area contributed by atoms with Gasteiger partial charge in [0.25, 0.3) is 0 Å². The molecule has 1 unspecified atom stereocenters. The first-order valence-corrected chi connectivity index (χ1v) is 10.5. The van der Waals surface area contributed by atoms with Crippen molar-refractivity contribution in [2.45, 2.75) is 28.7 Å². The molecular weight excluding hydrogens is 344 g/mol. The van der Waals surface area contributed by atoms with Crippen LogP contribution in [0.2, 0.25) is 0 Å². The molecule has 24 heavy (non-hydrogen) atoms. The zero-order valence-electron chi connectivity index (χ0n) is 13.4. The zero-order chi connectivity index (χ0) is 17.2. The predicted octanol–water partition coefficient (Wildman–Crippen LogP) is 3.27. The number of hydrogen-bond acceptors (Lipinski definition) is 5. The van der Waals surface area contributed by atoms with Gasteiger partial charge in [-0.1, -0.05) is 0 Å². The van der Waals surface area contributed by atoms with Crippen LogP contribution in [0.4, 0.5) is 0 Å². The third-order valence-electron chi connectivity index (χ3n) is 4.03. The van der Waals surface area contributed by atoms with Gasteiger partial charge in [-0.3, -0.25) is 0 Å². The van der Waals surface area contributed by atoms with Crippen molar-refractivity contribution in [1.82, 2.24) is 5.32 Å². The fourth-order valence-electron chi connectivity index (χ4n) is 2.79. The summed E-state index contributed by atoms with van der Waals surface area (Å²) in [5.41, 5.74) is 0.827. The van der Waals surface area contributed by atoms with Crippen LogP contribution < -0.4 is 15.2 Å². The Bertz CT molecular complexity index is 814. The normalized spacial score (nSPS) is 17.8. The van der Waals surface area contributed by atoms with Gasteiger partial charge in [0.1, 0.15) is 11.5 Å². The molecule has 0 amide bonds. The Labute approximate surface area is 146 Å². The average molecular weight is 364 g/mol. The Balaban J connectivity index is 1.95. The molecule has 5 nitrogen and oxygen atoms in total. The molecule has 0 spiro atoms. The zero-order valence-corrected chi connectivity index (χ0v) is 15.0. The maximum atomic E-state index is 11.7. The van der Waals surface area contributed by atoms with Crippen molar-refractivity contribution in [3.63, 3.8) is 0 Å². The third-order valence-corrected chi connectivity index (χ3v) is 5.69. The summed E-state index contributed by atoms with van der Waals surface area (Å²) in [6.07, 6.45) is 4.01. The third kappa shape index (κ3) is 3.92. The SMILES string of the molecule is CSc1ccc(Oc2ccc(S(N)(=O)=O)cc2C2CCCN2)cc1. The smallest absolute Gasteiger partial charge is 0.238 e. The molecule has 3 rings (SSSR count). The quantitative estimate of drug-likeness (QED) is 0.796. The molecule has 2 aromatic rings. The van der Waals surface area contributed by atoms with Gasteiger partial charge < -0.3 is 10.1 Å². The molecule has 0 bridgehead atoms.